The summed E-state index contributed by atoms with van der Waals surface area (Å²) in [5, 5.41) is 0. The Bertz CT molecular complexity index is 973. The number of hydrogen-bond acceptors (Lipinski definition) is 4. The first-order valence-corrected chi connectivity index (χ1v) is 11.8. The second kappa shape index (κ2) is 8.32. The van der Waals surface area contributed by atoms with E-state index >= 15 is 0 Å². The van der Waals surface area contributed by atoms with Gasteiger partial charge in [-0.05, 0) is 54.9 Å². The lowest BCUT2D eigenvalue weighted by Gasteiger charge is -2.42. The van der Waals surface area contributed by atoms with Crippen molar-refractivity contribution < 1.29 is 9.59 Å². The predicted octanol–water partition coefficient (Wildman–Crippen LogP) is 3.50. The van der Waals surface area contributed by atoms with Crippen molar-refractivity contribution in [3.05, 3.63) is 65.5 Å². The second-order valence-corrected chi connectivity index (χ2v) is 9.92. The third kappa shape index (κ3) is 3.60. The van der Waals surface area contributed by atoms with Crippen LogP contribution in [0, 0.1) is 5.92 Å². The molecule has 6 heteroatoms. The van der Waals surface area contributed by atoms with Crippen molar-refractivity contribution in [2.75, 3.05) is 19.6 Å². The number of carbonyl (C=O) groups excluding carboxylic acids is 2. The number of pyridine rings is 1. The van der Waals surface area contributed by atoms with Crippen molar-refractivity contribution in [3.8, 4) is 0 Å². The summed E-state index contributed by atoms with van der Waals surface area (Å²) in [6.07, 6.45) is 4.73. The van der Waals surface area contributed by atoms with Crippen molar-refractivity contribution in [2.24, 2.45) is 5.92 Å². The highest BCUT2D eigenvalue weighted by Crippen LogP contribution is 2.41. The third-order valence-corrected chi connectivity index (χ3v) is 7.31. The van der Waals surface area contributed by atoms with E-state index in [4.69, 9.17) is 0 Å². The summed E-state index contributed by atoms with van der Waals surface area (Å²) < 4.78 is 0. The van der Waals surface area contributed by atoms with Crippen LogP contribution < -0.4 is 0 Å². The Kier molecular flexibility index (Phi) is 5.49. The van der Waals surface area contributed by atoms with Crippen LogP contribution in [0.15, 0.2) is 48.7 Å². The van der Waals surface area contributed by atoms with E-state index < -0.39 is 5.54 Å². The molecule has 3 heterocycles. The Morgan fingerprint density at radius 1 is 1.00 bits per heavy atom. The Labute approximate surface area is 190 Å². The van der Waals surface area contributed by atoms with Crippen molar-refractivity contribution in [1.82, 2.24) is 19.7 Å². The lowest BCUT2D eigenvalue weighted by atomic mass is 9.85. The molecule has 3 amide bonds. The Morgan fingerprint density at radius 2 is 1.66 bits per heavy atom. The summed E-state index contributed by atoms with van der Waals surface area (Å²) in [5.41, 5.74) is 2.87. The molecule has 0 atom stereocenters. The van der Waals surface area contributed by atoms with Crippen LogP contribution in [0.5, 0.6) is 0 Å². The molecular weight excluding hydrogens is 400 g/mol. The maximum absolute atomic E-state index is 13.9. The topological polar surface area (TPSA) is 56.8 Å². The zero-order valence-corrected chi connectivity index (χ0v) is 19.0. The number of imide groups is 1. The Balaban J connectivity index is 1.36. The number of aromatic nitrogens is 1. The van der Waals surface area contributed by atoms with Gasteiger partial charge in [0.15, 0.2) is 0 Å². The lowest BCUT2D eigenvalue weighted by Crippen LogP contribution is -2.57. The number of piperidine rings is 1. The monoisotopic (exact) mass is 432 g/mol. The molecule has 168 valence electrons. The highest BCUT2D eigenvalue weighted by molar-refractivity contribution is 6.07. The Morgan fingerprint density at radius 3 is 2.25 bits per heavy atom. The van der Waals surface area contributed by atoms with Gasteiger partial charge >= 0.3 is 6.03 Å². The van der Waals surface area contributed by atoms with Crippen molar-refractivity contribution >= 4 is 11.9 Å². The zero-order chi connectivity index (χ0) is 22.3. The van der Waals surface area contributed by atoms with E-state index in [2.05, 4.69) is 35.9 Å². The number of likely N-dealkylation sites (tertiary alicyclic amines) is 1. The normalized spacial score (nSPS) is 21.2. The van der Waals surface area contributed by atoms with Crippen LogP contribution in [0.4, 0.5) is 4.79 Å². The maximum Gasteiger partial charge on any atom is 0.327 e. The molecule has 2 fully saturated rings. The number of hydrogen-bond donors (Lipinski definition) is 0. The molecule has 2 saturated heterocycles. The molecule has 1 spiro atoms. The first-order valence-electron chi connectivity index (χ1n) is 11.8. The molecule has 1 aromatic carbocycles. The van der Waals surface area contributed by atoms with Crippen molar-refractivity contribution in [3.63, 3.8) is 0 Å². The first kappa shape index (κ1) is 21.1. The van der Waals surface area contributed by atoms with Gasteiger partial charge in [0.2, 0.25) is 0 Å². The first-order chi connectivity index (χ1) is 15.5. The fraction of sp³-hybridized carbons (Fsp3) is 0.500. The highest BCUT2D eigenvalue weighted by Gasteiger charge is 2.59. The largest absolute Gasteiger partial charge is 0.327 e. The van der Waals surface area contributed by atoms with E-state index in [0.29, 0.717) is 25.3 Å². The van der Waals surface area contributed by atoms with E-state index in [1.165, 1.54) is 11.1 Å². The van der Waals surface area contributed by atoms with Crippen LogP contribution in [0.25, 0.3) is 0 Å². The lowest BCUT2D eigenvalue weighted by molar-refractivity contribution is -0.137. The molecule has 0 N–H and O–H groups in total. The van der Waals surface area contributed by atoms with Crippen molar-refractivity contribution in [1.29, 1.82) is 0 Å². The summed E-state index contributed by atoms with van der Waals surface area (Å²) in [6, 6.07) is 14.2. The highest BCUT2D eigenvalue weighted by atomic mass is 16.2. The molecule has 1 aromatic heterocycles. The average molecular weight is 433 g/mol. The van der Waals surface area contributed by atoms with Gasteiger partial charge in [0, 0.05) is 38.4 Å². The smallest absolute Gasteiger partial charge is 0.309 e. The van der Waals surface area contributed by atoms with Gasteiger partial charge < -0.3 is 4.90 Å². The number of benzene rings is 1. The van der Waals surface area contributed by atoms with Crippen LogP contribution in [-0.4, -0.2) is 62.8 Å². The molecule has 0 radical (unpaired) electrons. The molecular formula is C26H32N4O2. The molecule has 5 rings (SSSR count). The molecule has 0 bridgehead atoms. The number of urea groups is 1. The maximum atomic E-state index is 13.9. The minimum absolute atomic E-state index is 0.0263. The molecule has 2 aromatic rings. The minimum Gasteiger partial charge on any atom is -0.309 e. The van der Waals surface area contributed by atoms with Gasteiger partial charge in [0.1, 0.15) is 5.54 Å². The summed E-state index contributed by atoms with van der Waals surface area (Å²) in [4.78, 5) is 37.9. The molecule has 3 aliphatic rings. The summed E-state index contributed by atoms with van der Waals surface area (Å²) >= 11 is 0. The van der Waals surface area contributed by atoms with Gasteiger partial charge in [0.05, 0.1) is 5.69 Å². The third-order valence-electron chi connectivity index (χ3n) is 7.31. The van der Waals surface area contributed by atoms with E-state index in [-0.39, 0.29) is 18.0 Å². The number of nitrogens with zero attached hydrogens (tertiary/aromatic N) is 4. The number of amides is 3. The van der Waals surface area contributed by atoms with Crippen LogP contribution in [-0.2, 0) is 24.2 Å². The van der Waals surface area contributed by atoms with Gasteiger partial charge in [-0.25, -0.2) is 4.79 Å². The number of carbonyl (C=O) groups is 2. The minimum atomic E-state index is -0.698. The average Bonchev–Trinajstić information content (AvgIpc) is 3.29. The van der Waals surface area contributed by atoms with E-state index in [1.807, 2.05) is 41.4 Å². The quantitative estimate of drug-likeness (QED) is 0.679. The predicted molar refractivity (Wildman–Crippen MR) is 123 cm³/mol. The van der Waals surface area contributed by atoms with Crippen LogP contribution in [0.2, 0.25) is 0 Å². The molecule has 0 unspecified atom stereocenters. The number of rotatable bonds is 5. The van der Waals surface area contributed by atoms with Gasteiger partial charge in [-0.2, -0.15) is 0 Å². The molecule has 1 aliphatic carbocycles. The van der Waals surface area contributed by atoms with Gasteiger partial charge in [-0.15, -0.1) is 0 Å². The van der Waals surface area contributed by atoms with E-state index in [9.17, 15) is 9.59 Å². The molecule has 0 saturated carbocycles. The fourth-order valence-electron chi connectivity index (χ4n) is 5.68. The van der Waals surface area contributed by atoms with Crippen LogP contribution >= 0.6 is 0 Å². The standard InChI is InChI=1S/C26H32N4O2/c1-19(2)17-29-25(32)30(23-15-20-7-3-4-8-21(20)16-23)24(31)26(29)10-13-28(14-11-26)18-22-9-5-6-12-27-22/h3-9,12,19,23H,10-11,13-18H2,1-2H3. The zero-order valence-electron chi connectivity index (χ0n) is 19.0. The SMILES string of the molecule is CC(C)CN1C(=O)N(C2Cc3ccccc3C2)C(=O)C12CCN(Cc1ccccn1)CC2. The molecule has 32 heavy (non-hydrogen) atoms. The van der Waals surface area contributed by atoms with Crippen LogP contribution in [0.1, 0.15) is 43.5 Å². The van der Waals surface area contributed by atoms with Crippen LogP contribution in [0.3, 0.4) is 0 Å². The van der Waals surface area contributed by atoms with Crippen molar-refractivity contribution in [2.45, 2.75) is 57.7 Å². The molecule has 2 aliphatic heterocycles. The Hall–Kier alpha value is -2.73. The summed E-state index contributed by atoms with van der Waals surface area (Å²) in [7, 11) is 0. The van der Waals surface area contributed by atoms with Gasteiger partial charge in [0.25, 0.3) is 5.91 Å². The summed E-state index contributed by atoms with van der Waals surface area (Å²) in [5.74, 6) is 0.342. The van der Waals surface area contributed by atoms with E-state index in [1.54, 1.807) is 4.90 Å². The fourth-order valence-corrected chi connectivity index (χ4v) is 5.68. The van der Waals surface area contributed by atoms with Gasteiger partial charge in [-0.3, -0.25) is 19.6 Å². The van der Waals surface area contributed by atoms with Gasteiger partial charge in [-0.1, -0.05) is 44.2 Å². The second-order valence-electron chi connectivity index (χ2n) is 9.92. The molecule has 6 nitrogen and oxygen atoms in total. The number of fused-ring (bicyclic) bond motifs is 1. The summed E-state index contributed by atoms with van der Waals surface area (Å²) in [6.45, 7) is 7.24. The van der Waals surface area contributed by atoms with E-state index in [0.717, 1.165) is 38.2 Å².